The third kappa shape index (κ3) is 4.33. The molecule has 31 heavy (non-hydrogen) atoms. The Morgan fingerprint density at radius 1 is 1.00 bits per heavy atom. The zero-order valence-electron chi connectivity index (χ0n) is 16.0. The zero-order valence-corrected chi connectivity index (χ0v) is 16.0. The number of pyridine rings is 1. The van der Waals surface area contributed by atoms with Crippen molar-refractivity contribution in [1.29, 1.82) is 5.26 Å². The van der Waals surface area contributed by atoms with Gasteiger partial charge in [-0.15, -0.1) is 0 Å². The molecule has 0 aliphatic rings. The van der Waals surface area contributed by atoms with Crippen LogP contribution in [0.3, 0.4) is 0 Å². The molecule has 0 fully saturated rings. The fourth-order valence-electron chi connectivity index (χ4n) is 3.29. The Morgan fingerprint density at radius 2 is 1.77 bits per heavy atom. The Hall–Kier alpha value is -3.93. The van der Waals surface area contributed by atoms with E-state index in [9.17, 15) is 17.6 Å². The monoisotopic (exact) mass is 425 g/mol. The molecule has 0 radical (unpaired) electrons. The van der Waals surface area contributed by atoms with E-state index in [0.717, 1.165) is 0 Å². The summed E-state index contributed by atoms with van der Waals surface area (Å²) >= 11 is 0. The normalized spacial score (nSPS) is 11.5. The maximum atomic E-state index is 14.2. The fraction of sp³-hybridized carbons (Fsp3) is 0.136. The van der Waals surface area contributed by atoms with Crippen molar-refractivity contribution in [3.05, 3.63) is 78.4 Å². The van der Waals surface area contributed by atoms with E-state index in [2.05, 4.69) is 10.1 Å². The van der Waals surface area contributed by atoms with Crippen molar-refractivity contribution >= 4 is 17.0 Å². The summed E-state index contributed by atoms with van der Waals surface area (Å²) in [5.74, 6) is -0.698. The second-order valence-electron chi connectivity index (χ2n) is 6.79. The van der Waals surface area contributed by atoms with Crippen molar-refractivity contribution in [3.63, 3.8) is 0 Å². The van der Waals surface area contributed by atoms with Gasteiger partial charge in [0.25, 0.3) is 0 Å². The minimum Gasteiger partial charge on any atom is -0.341 e. The van der Waals surface area contributed by atoms with Crippen molar-refractivity contribution in [2.45, 2.75) is 12.6 Å². The van der Waals surface area contributed by atoms with E-state index in [1.54, 1.807) is 54.6 Å². The second kappa shape index (κ2) is 8.07. The minimum absolute atomic E-state index is 0.106. The van der Waals surface area contributed by atoms with Crippen LogP contribution in [0.1, 0.15) is 12.0 Å². The van der Waals surface area contributed by atoms with E-state index in [0.29, 0.717) is 28.3 Å². The minimum atomic E-state index is -4.33. The number of para-hydroxylation sites is 1. The highest BCUT2D eigenvalue weighted by molar-refractivity contribution is 5.74. The number of alkyl halides is 3. The van der Waals surface area contributed by atoms with Crippen LogP contribution < -0.4 is 4.90 Å². The molecule has 2 aromatic carbocycles. The molecule has 9 heteroatoms. The molecule has 0 amide bonds. The lowest BCUT2D eigenvalue weighted by Gasteiger charge is -2.26. The molecule has 4 rings (SSSR count). The second-order valence-corrected chi connectivity index (χ2v) is 6.79. The van der Waals surface area contributed by atoms with Crippen molar-refractivity contribution in [2.24, 2.45) is 0 Å². The van der Waals surface area contributed by atoms with E-state index < -0.39 is 18.4 Å². The molecule has 0 atom stereocenters. The summed E-state index contributed by atoms with van der Waals surface area (Å²) in [6.07, 6.45) is -4.03. The molecule has 0 spiro atoms. The largest absolute Gasteiger partial charge is 0.390 e. The molecule has 4 aromatic rings. The van der Waals surface area contributed by atoms with Crippen LogP contribution in [0.2, 0.25) is 0 Å². The summed E-state index contributed by atoms with van der Waals surface area (Å²) in [7, 11) is 0. The molecule has 0 saturated carbocycles. The summed E-state index contributed by atoms with van der Waals surface area (Å²) < 4.78 is 54.7. The third-order valence-electron chi connectivity index (χ3n) is 4.75. The maximum Gasteiger partial charge on any atom is 0.390 e. The number of hydrogen-bond donors (Lipinski definition) is 0. The fourth-order valence-corrected chi connectivity index (χ4v) is 3.29. The standard InChI is InChI=1S/C22H15F4N5/c23-19-10-15(6-7-16(19)13-27)20-11-18(12-21-28-14-29-31(20)21)30(9-8-22(24,25)26)17-4-2-1-3-5-17/h1-7,10-12,14H,8-9H2. The predicted octanol–water partition coefficient (Wildman–Crippen LogP) is 5.50. The topological polar surface area (TPSA) is 57.2 Å². The van der Waals surface area contributed by atoms with Crippen molar-refractivity contribution < 1.29 is 17.6 Å². The van der Waals surface area contributed by atoms with Crippen LogP contribution >= 0.6 is 0 Å². The van der Waals surface area contributed by atoms with Gasteiger partial charge in [0.2, 0.25) is 0 Å². The highest BCUT2D eigenvalue weighted by atomic mass is 19.4. The first kappa shape index (κ1) is 20.3. The van der Waals surface area contributed by atoms with Crippen LogP contribution in [0.5, 0.6) is 0 Å². The first-order valence-corrected chi connectivity index (χ1v) is 9.29. The maximum absolute atomic E-state index is 14.2. The van der Waals surface area contributed by atoms with E-state index in [1.807, 2.05) is 0 Å². The highest BCUT2D eigenvalue weighted by Gasteiger charge is 2.28. The van der Waals surface area contributed by atoms with Gasteiger partial charge < -0.3 is 4.90 Å². The molecule has 0 saturated heterocycles. The average Bonchev–Trinajstić information content (AvgIpc) is 3.22. The van der Waals surface area contributed by atoms with Gasteiger partial charge in [0.15, 0.2) is 5.65 Å². The predicted molar refractivity (Wildman–Crippen MR) is 107 cm³/mol. The third-order valence-corrected chi connectivity index (χ3v) is 4.75. The van der Waals surface area contributed by atoms with E-state index in [4.69, 9.17) is 5.26 Å². The van der Waals surface area contributed by atoms with Gasteiger partial charge in [-0.3, -0.25) is 0 Å². The molecule has 0 N–H and O–H groups in total. The molecule has 5 nitrogen and oxygen atoms in total. The molecule has 0 aliphatic carbocycles. The van der Waals surface area contributed by atoms with Crippen LogP contribution in [-0.4, -0.2) is 27.3 Å². The molecule has 2 heterocycles. The molecular weight excluding hydrogens is 410 g/mol. The van der Waals surface area contributed by atoms with E-state index in [1.165, 1.54) is 27.9 Å². The van der Waals surface area contributed by atoms with Crippen molar-refractivity contribution in [2.75, 3.05) is 11.4 Å². The number of fused-ring (bicyclic) bond motifs is 1. The van der Waals surface area contributed by atoms with Gasteiger partial charge in [0, 0.05) is 29.5 Å². The molecule has 156 valence electrons. The van der Waals surface area contributed by atoms with Gasteiger partial charge in [-0.1, -0.05) is 24.3 Å². The number of nitriles is 1. The Kier molecular flexibility index (Phi) is 5.29. The Labute approximate surface area is 174 Å². The quantitative estimate of drug-likeness (QED) is 0.397. The highest BCUT2D eigenvalue weighted by Crippen LogP contribution is 2.33. The summed E-state index contributed by atoms with van der Waals surface area (Å²) in [5, 5.41) is 13.1. The smallest absolute Gasteiger partial charge is 0.341 e. The number of anilines is 2. The van der Waals surface area contributed by atoms with Gasteiger partial charge in [-0.25, -0.2) is 13.9 Å². The molecule has 2 aromatic heterocycles. The summed E-state index contributed by atoms with van der Waals surface area (Å²) in [6, 6.07) is 17.8. The lowest BCUT2D eigenvalue weighted by Crippen LogP contribution is -2.24. The number of nitrogens with zero attached hydrogens (tertiary/aromatic N) is 5. The van der Waals surface area contributed by atoms with Crippen LogP contribution in [0.15, 0.2) is 67.0 Å². The van der Waals surface area contributed by atoms with Crippen LogP contribution in [-0.2, 0) is 0 Å². The van der Waals surface area contributed by atoms with E-state index in [-0.39, 0.29) is 12.1 Å². The Bertz CT molecular complexity index is 1260. The Balaban J connectivity index is 1.86. The molecule has 0 aliphatic heterocycles. The molecule has 0 bridgehead atoms. The van der Waals surface area contributed by atoms with Gasteiger partial charge in [0.1, 0.15) is 18.2 Å². The number of aromatic nitrogens is 3. The molecular formula is C22H15F4N5. The van der Waals surface area contributed by atoms with Crippen molar-refractivity contribution in [1.82, 2.24) is 14.6 Å². The number of benzene rings is 2. The van der Waals surface area contributed by atoms with Gasteiger partial charge >= 0.3 is 6.18 Å². The zero-order chi connectivity index (χ0) is 22.0. The lowest BCUT2D eigenvalue weighted by molar-refractivity contribution is -0.132. The van der Waals surface area contributed by atoms with Gasteiger partial charge in [0.05, 0.1) is 17.7 Å². The lowest BCUT2D eigenvalue weighted by atomic mass is 10.1. The van der Waals surface area contributed by atoms with Crippen LogP contribution in [0, 0.1) is 17.1 Å². The summed E-state index contributed by atoms with van der Waals surface area (Å²) in [5.41, 5.74) is 2.17. The average molecular weight is 425 g/mol. The van der Waals surface area contributed by atoms with Crippen LogP contribution in [0.25, 0.3) is 16.9 Å². The number of hydrogen-bond acceptors (Lipinski definition) is 4. The van der Waals surface area contributed by atoms with Gasteiger partial charge in [-0.2, -0.15) is 23.5 Å². The first-order valence-electron chi connectivity index (χ1n) is 9.29. The SMILES string of the molecule is N#Cc1ccc(-c2cc(N(CCC(F)(F)F)c3ccccc3)cc3ncnn23)cc1F. The Morgan fingerprint density at radius 3 is 2.45 bits per heavy atom. The van der Waals surface area contributed by atoms with E-state index >= 15 is 0 Å². The van der Waals surface area contributed by atoms with Crippen molar-refractivity contribution in [3.8, 4) is 17.3 Å². The van der Waals surface area contributed by atoms with Gasteiger partial charge in [-0.05, 0) is 30.3 Å². The summed E-state index contributed by atoms with van der Waals surface area (Å²) in [6.45, 7) is -0.307. The number of rotatable bonds is 5. The van der Waals surface area contributed by atoms with Crippen LogP contribution in [0.4, 0.5) is 28.9 Å². The summed E-state index contributed by atoms with van der Waals surface area (Å²) in [4.78, 5) is 5.70. The molecule has 0 unspecified atom stereocenters. The number of halogens is 4. The first-order chi connectivity index (χ1) is 14.9.